The fourth-order valence-corrected chi connectivity index (χ4v) is 4.78. The summed E-state index contributed by atoms with van der Waals surface area (Å²) in [5.41, 5.74) is 5.48. The van der Waals surface area contributed by atoms with Gasteiger partial charge in [0, 0.05) is 12.1 Å². The van der Waals surface area contributed by atoms with Crippen LogP contribution in [0.2, 0.25) is 0 Å². The summed E-state index contributed by atoms with van der Waals surface area (Å²) in [4.78, 5) is 12.7. The van der Waals surface area contributed by atoms with Gasteiger partial charge >= 0.3 is 0 Å². The van der Waals surface area contributed by atoms with Crippen molar-refractivity contribution < 1.29 is 17.9 Å². The Bertz CT molecular complexity index is 1240. The van der Waals surface area contributed by atoms with Crippen molar-refractivity contribution in [3.05, 3.63) is 94.5 Å². The average Bonchev–Trinajstić information content (AvgIpc) is 2.86. The molecule has 0 saturated carbocycles. The molecule has 7 heteroatoms. The molecule has 0 bridgehead atoms. The van der Waals surface area contributed by atoms with Crippen molar-refractivity contribution in [2.24, 2.45) is 0 Å². The van der Waals surface area contributed by atoms with E-state index in [9.17, 15) is 13.2 Å². The van der Waals surface area contributed by atoms with Gasteiger partial charge in [0.25, 0.3) is 5.91 Å². The number of carbonyl (C=O) groups is 1. The maximum Gasteiger partial charge on any atom is 0.251 e. The molecule has 0 fully saturated rings. The molecule has 35 heavy (non-hydrogen) atoms. The van der Waals surface area contributed by atoms with Gasteiger partial charge in [-0.2, -0.15) is 0 Å². The summed E-state index contributed by atoms with van der Waals surface area (Å²) in [7, 11) is -3.51. The first kappa shape index (κ1) is 26.3. The summed E-state index contributed by atoms with van der Waals surface area (Å²) in [5.74, 6) is 0.527. The van der Waals surface area contributed by atoms with E-state index >= 15 is 0 Å². The first-order chi connectivity index (χ1) is 16.7. The van der Waals surface area contributed by atoms with Crippen LogP contribution in [0.4, 0.5) is 5.69 Å². The van der Waals surface area contributed by atoms with Gasteiger partial charge in [-0.3, -0.25) is 9.10 Å². The lowest BCUT2D eigenvalue weighted by Crippen LogP contribution is -2.29. The third-order valence-electron chi connectivity index (χ3n) is 5.88. The molecule has 0 aliphatic rings. The lowest BCUT2D eigenvalue weighted by atomic mass is 10.0. The van der Waals surface area contributed by atoms with E-state index in [-0.39, 0.29) is 12.5 Å². The van der Waals surface area contributed by atoms with Gasteiger partial charge < -0.3 is 10.1 Å². The Kier molecular flexibility index (Phi) is 8.93. The average molecular weight is 495 g/mol. The number of amides is 1. The highest BCUT2D eigenvalue weighted by atomic mass is 32.2. The van der Waals surface area contributed by atoms with Crippen molar-refractivity contribution in [1.29, 1.82) is 0 Å². The van der Waals surface area contributed by atoms with Crippen molar-refractivity contribution in [2.75, 3.05) is 17.2 Å². The fraction of sp³-hybridized carbons (Fsp3) is 0.321. The van der Waals surface area contributed by atoms with Crippen LogP contribution in [0.5, 0.6) is 5.75 Å². The van der Waals surface area contributed by atoms with Crippen LogP contribution in [-0.4, -0.2) is 27.2 Å². The summed E-state index contributed by atoms with van der Waals surface area (Å²) in [6.45, 7) is 7.30. The number of hydrogen-bond donors (Lipinski definition) is 1. The predicted octanol–water partition coefficient (Wildman–Crippen LogP) is 5.11. The third kappa shape index (κ3) is 7.09. The highest BCUT2D eigenvalue weighted by Gasteiger charge is 2.18. The second-order valence-corrected chi connectivity index (χ2v) is 10.3. The summed E-state index contributed by atoms with van der Waals surface area (Å²) < 4.78 is 31.7. The topological polar surface area (TPSA) is 75.7 Å². The first-order valence-corrected chi connectivity index (χ1v) is 13.8. The van der Waals surface area contributed by atoms with Crippen LogP contribution in [0.25, 0.3) is 0 Å². The van der Waals surface area contributed by atoms with Crippen molar-refractivity contribution in [1.82, 2.24) is 5.32 Å². The molecule has 0 radical (unpaired) electrons. The van der Waals surface area contributed by atoms with E-state index in [1.54, 1.807) is 48.5 Å². The molecule has 0 unspecified atom stereocenters. The zero-order chi connectivity index (χ0) is 25.4. The van der Waals surface area contributed by atoms with Crippen molar-refractivity contribution >= 4 is 21.6 Å². The van der Waals surface area contributed by atoms with E-state index in [0.29, 0.717) is 30.2 Å². The molecule has 6 nitrogen and oxygen atoms in total. The highest BCUT2D eigenvalue weighted by Crippen LogP contribution is 2.24. The Morgan fingerprint density at radius 2 is 1.51 bits per heavy atom. The second kappa shape index (κ2) is 11.9. The van der Waals surface area contributed by atoms with Crippen LogP contribution in [0.3, 0.4) is 0 Å². The van der Waals surface area contributed by atoms with Gasteiger partial charge in [-0.05, 0) is 78.4 Å². The van der Waals surface area contributed by atoms with Crippen molar-refractivity contribution in [2.45, 2.75) is 46.7 Å². The van der Waals surface area contributed by atoms with Crippen molar-refractivity contribution in [3.8, 4) is 5.75 Å². The van der Waals surface area contributed by atoms with Gasteiger partial charge in [-0.1, -0.05) is 44.2 Å². The van der Waals surface area contributed by atoms with E-state index < -0.39 is 10.0 Å². The van der Waals surface area contributed by atoms with Crippen LogP contribution < -0.4 is 14.4 Å². The number of ether oxygens (including phenoxy) is 1. The molecule has 0 atom stereocenters. The van der Waals surface area contributed by atoms with E-state index in [4.69, 9.17) is 4.74 Å². The summed E-state index contributed by atoms with van der Waals surface area (Å²) in [6, 6.07) is 20.4. The van der Waals surface area contributed by atoms with Crippen LogP contribution in [0.15, 0.2) is 66.7 Å². The molecular formula is C28H34N2O4S. The highest BCUT2D eigenvalue weighted by molar-refractivity contribution is 7.92. The second-order valence-electron chi connectivity index (χ2n) is 8.39. The zero-order valence-corrected chi connectivity index (χ0v) is 21.7. The molecule has 1 N–H and O–H groups in total. The van der Waals surface area contributed by atoms with Gasteiger partial charge in [0.15, 0.2) is 0 Å². The standard InChI is InChI=1S/C28H34N2O4S/c1-5-21-8-11-23(6-2)25(18-21)19-29-28(31)24-12-9-22(10-13-24)20-30(35(4,32)33)26-14-16-27(17-15-26)34-7-3/h8-18H,5-7,19-20H2,1-4H3,(H,29,31). The third-order valence-corrected chi connectivity index (χ3v) is 7.02. The maximum absolute atomic E-state index is 12.7. The van der Waals surface area contributed by atoms with E-state index in [1.807, 2.05) is 6.92 Å². The molecule has 3 aromatic carbocycles. The number of sulfonamides is 1. The summed E-state index contributed by atoms with van der Waals surface area (Å²) >= 11 is 0. The molecule has 0 spiro atoms. The number of benzene rings is 3. The Hall–Kier alpha value is -3.32. The maximum atomic E-state index is 12.7. The minimum absolute atomic E-state index is 0.160. The number of carbonyl (C=O) groups excluding carboxylic acids is 1. The quantitative estimate of drug-likeness (QED) is 0.402. The molecule has 0 aliphatic heterocycles. The van der Waals surface area contributed by atoms with Gasteiger partial charge in [0.05, 0.1) is 25.1 Å². The predicted molar refractivity (Wildman–Crippen MR) is 141 cm³/mol. The lowest BCUT2D eigenvalue weighted by Gasteiger charge is -2.23. The Balaban J connectivity index is 1.69. The normalized spacial score (nSPS) is 11.2. The number of nitrogens with zero attached hydrogens (tertiary/aromatic N) is 1. The molecule has 3 rings (SSSR count). The molecule has 0 aromatic heterocycles. The number of nitrogens with one attached hydrogen (secondary N) is 1. The molecule has 3 aromatic rings. The van der Waals surface area contributed by atoms with Crippen LogP contribution in [0.1, 0.15) is 53.4 Å². The molecule has 0 heterocycles. The van der Waals surface area contributed by atoms with Crippen molar-refractivity contribution in [3.63, 3.8) is 0 Å². The van der Waals surface area contributed by atoms with Gasteiger partial charge in [0.1, 0.15) is 5.75 Å². The van der Waals surface area contributed by atoms with E-state index in [0.717, 1.165) is 24.0 Å². The molecular weight excluding hydrogens is 460 g/mol. The Morgan fingerprint density at radius 1 is 0.857 bits per heavy atom. The Morgan fingerprint density at radius 3 is 2.09 bits per heavy atom. The number of anilines is 1. The largest absolute Gasteiger partial charge is 0.494 e. The van der Waals surface area contributed by atoms with Gasteiger partial charge in [-0.25, -0.2) is 8.42 Å². The SMILES string of the molecule is CCOc1ccc(N(Cc2ccc(C(=O)NCc3cc(CC)ccc3CC)cc2)S(C)(=O)=O)cc1. The smallest absolute Gasteiger partial charge is 0.251 e. The van der Waals surface area contributed by atoms with E-state index in [1.165, 1.54) is 21.7 Å². The van der Waals surface area contributed by atoms with Crippen LogP contribution in [-0.2, 0) is 36.0 Å². The number of aryl methyl sites for hydroxylation is 2. The molecule has 186 valence electrons. The lowest BCUT2D eigenvalue weighted by molar-refractivity contribution is 0.0951. The zero-order valence-electron chi connectivity index (χ0n) is 20.9. The van der Waals surface area contributed by atoms with Crippen LogP contribution >= 0.6 is 0 Å². The summed E-state index contributed by atoms with van der Waals surface area (Å²) in [5, 5.41) is 3.01. The van der Waals surface area contributed by atoms with Gasteiger partial charge in [0.2, 0.25) is 10.0 Å². The molecule has 0 saturated heterocycles. The molecule has 0 aliphatic carbocycles. The molecule has 1 amide bonds. The number of hydrogen-bond acceptors (Lipinski definition) is 4. The monoisotopic (exact) mass is 494 g/mol. The minimum atomic E-state index is -3.51. The number of rotatable bonds is 11. The van der Waals surface area contributed by atoms with Crippen LogP contribution in [0, 0.1) is 0 Å². The van der Waals surface area contributed by atoms with Gasteiger partial charge in [-0.15, -0.1) is 0 Å². The first-order valence-electron chi connectivity index (χ1n) is 11.9. The fourth-order valence-electron chi connectivity index (χ4n) is 3.89. The Labute approximate surface area is 209 Å². The van der Waals surface area contributed by atoms with E-state index in [2.05, 4.69) is 37.4 Å². The summed E-state index contributed by atoms with van der Waals surface area (Å²) in [6.07, 6.45) is 3.05. The minimum Gasteiger partial charge on any atom is -0.494 e.